The summed E-state index contributed by atoms with van der Waals surface area (Å²) in [6, 6.07) is 21.3. The number of Topliss-reactive ketones (excluding diaryl/α,β-unsaturated/α-hetero) is 1. The molecule has 0 bridgehead atoms. The Bertz CT molecular complexity index is 1540. The second-order valence-corrected chi connectivity index (χ2v) is 9.45. The van der Waals surface area contributed by atoms with Crippen LogP contribution in [0.25, 0.3) is 5.52 Å². The number of esters is 2. The average molecular weight is 541 g/mol. The van der Waals surface area contributed by atoms with Gasteiger partial charge in [0.2, 0.25) is 5.78 Å². The Hall–Kier alpha value is -4.72. The lowest BCUT2D eigenvalue weighted by atomic mass is 9.91. The number of ether oxygens (including phenoxy) is 2. The highest BCUT2D eigenvalue weighted by Crippen LogP contribution is 2.30. The van der Waals surface area contributed by atoms with Gasteiger partial charge in [-0.2, -0.15) is 0 Å². The van der Waals surface area contributed by atoms with Crippen LogP contribution in [0.2, 0.25) is 0 Å². The summed E-state index contributed by atoms with van der Waals surface area (Å²) < 4.78 is 12.1. The molecule has 0 aliphatic rings. The number of para-hydroxylation sites is 1. The van der Waals surface area contributed by atoms with Crippen LogP contribution in [-0.2, 0) is 36.9 Å². The number of nitrogens with zero attached hydrogens (tertiary/aromatic N) is 1. The first kappa shape index (κ1) is 28.3. The maximum Gasteiger partial charge on any atom is 0.375 e. The summed E-state index contributed by atoms with van der Waals surface area (Å²) in [5.74, 6) is -3.16. The fourth-order valence-electron chi connectivity index (χ4n) is 4.66. The lowest BCUT2D eigenvalue weighted by Gasteiger charge is -2.15. The second-order valence-electron chi connectivity index (χ2n) is 9.45. The molecule has 8 nitrogen and oxygen atoms in total. The lowest BCUT2D eigenvalue weighted by Crippen LogP contribution is -2.24. The molecule has 4 rings (SSSR count). The molecule has 2 N–H and O–H groups in total. The molecule has 0 fully saturated rings. The number of hydrogen-bond donors (Lipinski definition) is 1. The Morgan fingerprint density at radius 3 is 2.40 bits per heavy atom. The van der Waals surface area contributed by atoms with Gasteiger partial charge in [-0.05, 0) is 55.2 Å². The topological polar surface area (TPSA) is 117 Å². The monoisotopic (exact) mass is 540 g/mol. The van der Waals surface area contributed by atoms with Crippen LogP contribution in [-0.4, -0.2) is 34.5 Å². The molecule has 2 heterocycles. The Kier molecular flexibility index (Phi) is 9.11. The summed E-state index contributed by atoms with van der Waals surface area (Å²) in [5, 5.41) is 0. The number of hydrogen-bond acceptors (Lipinski definition) is 7. The molecule has 0 radical (unpaired) electrons. The third-order valence-corrected chi connectivity index (χ3v) is 6.78. The van der Waals surface area contributed by atoms with Gasteiger partial charge in [-0.3, -0.25) is 14.4 Å². The van der Waals surface area contributed by atoms with E-state index < -0.39 is 17.7 Å². The van der Waals surface area contributed by atoms with Crippen LogP contribution >= 0.6 is 0 Å². The highest BCUT2D eigenvalue weighted by molar-refractivity contribution is 6.36. The van der Waals surface area contributed by atoms with E-state index in [1.54, 1.807) is 44.2 Å². The van der Waals surface area contributed by atoms with Gasteiger partial charge in [-0.15, -0.1) is 0 Å². The number of rotatable bonds is 12. The minimum atomic E-state index is -0.960. The van der Waals surface area contributed by atoms with Gasteiger partial charge in [0.1, 0.15) is 6.61 Å². The zero-order chi connectivity index (χ0) is 28.6. The number of benzene rings is 2. The van der Waals surface area contributed by atoms with Gasteiger partial charge < -0.3 is 19.6 Å². The molecule has 0 aliphatic heterocycles. The number of nitrogens with two attached hydrogens (primary N) is 1. The van der Waals surface area contributed by atoms with Crippen LogP contribution in [0, 0.1) is 0 Å². The SMILES string of the molecule is CCOC(=O)CCCc1cc(C(=O)c2cccc(C(C)C(=O)C(=O)OCc3ccccc3)c2N)c2ccccn12. The Morgan fingerprint density at radius 1 is 0.900 bits per heavy atom. The predicted octanol–water partition coefficient (Wildman–Crippen LogP) is 5.05. The Morgan fingerprint density at radius 2 is 1.65 bits per heavy atom. The van der Waals surface area contributed by atoms with E-state index in [2.05, 4.69) is 0 Å². The number of nitrogen functional groups attached to an aromatic ring is 1. The van der Waals surface area contributed by atoms with Crippen molar-refractivity contribution in [1.82, 2.24) is 4.40 Å². The first-order valence-electron chi connectivity index (χ1n) is 13.2. The highest BCUT2D eigenvalue weighted by Gasteiger charge is 2.28. The predicted molar refractivity (Wildman–Crippen MR) is 151 cm³/mol. The summed E-state index contributed by atoms with van der Waals surface area (Å²) in [6.45, 7) is 3.66. The highest BCUT2D eigenvalue weighted by atomic mass is 16.5. The summed E-state index contributed by atoms with van der Waals surface area (Å²) in [6.07, 6.45) is 3.30. The molecule has 1 unspecified atom stereocenters. The molecular formula is C32H32N2O6. The summed E-state index contributed by atoms with van der Waals surface area (Å²) in [5.41, 5.74) is 10.0. The van der Waals surface area contributed by atoms with Gasteiger partial charge >= 0.3 is 11.9 Å². The summed E-state index contributed by atoms with van der Waals surface area (Å²) >= 11 is 0. The number of anilines is 1. The van der Waals surface area contributed by atoms with E-state index in [4.69, 9.17) is 15.2 Å². The van der Waals surface area contributed by atoms with Crippen molar-refractivity contribution in [2.45, 2.75) is 45.6 Å². The van der Waals surface area contributed by atoms with Crippen molar-refractivity contribution in [1.29, 1.82) is 0 Å². The third-order valence-electron chi connectivity index (χ3n) is 6.78. The Balaban J connectivity index is 1.54. The van der Waals surface area contributed by atoms with E-state index in [-0.39, 0.29) is 36.0 Å². The Labute approximate surface area is 232 Å². The minimum absolute atomic E-state index is 0.0179. The molecule has 2 aromatic heterocycles. The molecule has 1 atom stereocenters. The molecule has 0 saturated carbocycles. The van der Waals surface area contributed by atoms with Gasteiger partial charge in [-0.1, -0.05) is 55.5 Å². The standard InChI is InChI=1S/C32H32N2O6/c1-3-39-28(35)17-9-13-23-19-26(27-16-7-8-18-34(23)27)31(37)25-15-10-14-24(29(25)33)21(2)30(36)32(38)40-20-22-11-5-4-6-12-22/h4-8,10-12,14-16,18-19,21H,3,9,13,17,20,33H2,1-2H3. The number of carbonyl (C=O) groups excluding carboxylic acids is 4. The van der Waals surface area contributed by atoms with Gasteiger partial charge in [0, 0.05) is 35.1 Å². The minimum Gasteiger partial charge on any atom is -0.466 e. The largest absolute Gasteiger partial charge is 0.466 e. The maximum atomic E-state index is 13.8. The van der Waals surface area contributed by atoms with Crippen molar-refractivity contribution in [2.75, 3.05) is 12.3 Å². The number of pyridine rings is 1. The van der Waals surface area contributed by atoms with E-state index in [1.165, 1.54) is 0 Å². The molecule has 206 valence electrons. The van der Waals surface area contributed by atoms with Crippen molar-refractivity contribution in [3.8, 4) is 0 Å². The fraction of sp³-hybridized carbons (Fsp3) is 0.250. The molecule has 2 aromatic carbocycles. The lowest BCUT2D eigenvalue weighted by molar-refractivity contribution is -0.155. The average Bonchev–Trinajstić information content (AvgIpc) is 3.34. The normalized spacial score (nSPS) is 11.7. The smallest absolute Gasteiger partial charge is 0.375 e. The molecule has 40 heavy (non-hydrogen) atoms. The zero-order valence-corrected chi connectivity index (χ0v) is 22.6. The van der Waals surface area contributed by atoms with Gasteiger partial charge in [0.15, 0.2) is 5.78 Å². The molecule has 0 aliphatic carbocycles. The zero-order valence-electron chi connectivity index (χ0n) is 22.6. The van der Waals surface area contributed by atoms with Crippen molar-refractivity contribution in [3.05, 3.63) is 107 Å². The molecular weight excluding hydrogens is 508 g/mol. The summed E-state index contributed by atoms with van der Waals surface area (Å²) in [4.78, 5) is 50.9. The first-order valence-corrected chi connectivity index (χ1v) is 13.2. The van der Waals surface area contributed by atoms with Crippen molar-refractivity contribution < 1.29 is 28.7 Å². The van der Waals surface area contributed by atoms with Crippen LogP contribution in [0.4, 0.5) is 5.69 Å². The van der Waals surface area contributed by atoms with E-state index >= 15 is 0 Å². The van der Waals surface area contributed by atoms with Crippen molar-refractivity contribution in [3.63, 3.8) is 0 Å². The van der Waals surface area contributed by atoms with Crippen LogP contribution < -0.4 is 5.73 Å². The number of fused-ring (bicyclic) bond motifs is 1. The third kappa shape index (κ3) is 6.29. The van der Waals surface area contributed by atoms with Gasteiger partial charge in [-0.25, -0.2) is 4.79 Å². The van der Waals surface area contributed by atoms with Crippen molar-refractivity contribution >= 4 is 34.7 Å². The van der Waals surface area contributed by atoms with E-state index in [0.717, 1.165) is 11.3 Å². The van der Waals surface area contributed by atoms with Crippen LogP contribution in [0.5, 0.6) is 0 Å². The van der Waals surface area contributed by atoms with E-state index in [9.17, 15) is 19.2 Å². The fourth-order valence-corrected chi connectivity index (χ4v) is 4.66. The molecule has 4 aromatic rings. The summed E-state index contributed by atoms with van der Waals surface area (Å²) in [7, 11) is 0. The van der Waals surface area contributed by atoms with Crippen LogP contribution in [0.1, 0.15) is 65.3 Å². The molecule has 0 amide bonds. The van der Waals surface area contributed by atoms with Gasteiger partial charge in [0.25, 0.3) is 0 Å². The van der Waals surface area contributed by atoms with Gasteiger partial charge in [0.05, 0.1) is 18.0 Å². The number of carbonyl (C=O) groups is 4. The molecule has 0 saturated heterocycles. The van der Waals surface area contributed by atoms with E-state index in [0.29, 0.717) is 36.1 Å². The molecule has 8 heteroatoms. The second kappa shape index (κ2) is 12.9. The van der Waals surface area contributed by atoms with Crippen LogP contribution in [0.3, 0.4) is 0 Å². The maximum absolute atomic E-state index is 13.8. The quantitative estimate of drug-likeness (QED) is 0.116. The number of aryl methyl sites for hydroxylation is 1. The molecule has 0 spiro atoms. The number of ketones is 2. The first-order chi connectivity index (χ1) is 19.3. The van der Waals surface area contributed by atoms with Crippen molar-refractivity contribution in [2.24, 2.45) is 0 Å². The van der Waals surface area contributed by atoms with E-state index in [1.807, 2.05) is 53.1 Å². The number of aromatic nitrogens is 1. The van der Waals surface area contributed by atoms with Crippen LogP contribution in [0.15, 0.2) is 79.0 Å².